The monoisotopic (exact) mass is 224 g/mol. The van der Waals surface area contributed by atoms with Crippen molar-refractivity contribution in [3.8, 4) is 0 Å². The molecule has 0 saturated carbocycles. The van der Waals surface area contributed by atoms with Gasteiger partial charge in [0.25, 0.3) is 0 Å². The van der Waals surface area contributed by atoms with Crippen LogP contribution in [0.25, 0.3) is 0 Å². The van der Waals surface area contributed by atoms with E-state index in [1.165, 1.54) is 0 Å². The largest absolute Gasteiger partial charge is 0.102 e. The van der Waals surface area contributed by atoms with Crippen molar-refractivity contribution in [1.29, 1.82) is 0 Å². The number of rotatable bonds is 0. The highest BCUT2D eigenvalue weighted by Crippen LogP contribution is 2.10. The van der Waals surface area contributed by atoms with E-state index in [-0.39, 0.29) is 0 Å². The van der Waals surface area contributed by atoms with Gasteiger partial charge in [-0.2, -0.15) is 0 Å². The maximum absolute atomic E-state index is 3.18. The minimum absolute atomic E-state index is 0.875. The van der Waals surface area contributed by atoms with Crippen molar-refractivity contribution in [2.75, 3.05) is 0 Å². The third-order valence-corrected chi connectivity index (χ3v) is 0.741. The summed E-state index contributed by atoms with van der Waals surface area (Å²) in [5.74, 6) is 0. The first-order valence-corrected chi connectivity index (χ1v) is 3.46. The van der Waals surface area contributed by atoms with E-state index >= 15 is 0 Å². The molecule has 0 nitrogen and oxygen atoms in total. The molecule has 0 aromatic rings. The first-order chi connectivity index (χ1) is 3.13. The summed E-state index contributed by atoms with van der Waals surface area (Å²) < 4.78 is 0.875. The summed E-state index contributed by atoms with van der Waals surface area (Å²) in [6.45, 7) is 3.98. The van der Waals surface area contributed by atoms with E-state index < -0.39 is 0 Å². The van der Waals surface area contributed by atoms with Crippen LogP contribution in [0.5, 0.6) is 0 Å². The molecule has 0 unspecified atom stereocenters. The Morgan fingerprint density at radius 2 is 1.71 bits per heavy atom. The van der Waals surface area contributed by atoms with Crippen LogP contribution in [0.4, 0.5) is 0 Å². The number of hydrogen-bond donors (Lipinski definition) is 0. The average Bonchev–Trinajstić information content (AvgIpc) is 1.27. The quantitative estimate of drug-likeness (QED) is 0.556. The molecule has 0 heterocycles. The summed E-state index contributed by atoms with van der Waals surface area (Å²) in [4.78, 5) is 0. The zero-order valence-corrected chi connectivity index (χ0v) is 7.43. The van der Waals surface area contributed by atoms with Gasteiger partial charge in [0.2, 0.25) is 0 Å². The van der Waals surface area contributed by atoms with Gasteiger partial charge in [-0.3, -0.25) is 0 Å². The third-order valence-electron chi connectivity index (χ3n) is 0.344. The molecule has 0 saturated heterocycles. The van der Waals surface area contributed by atoms with Gasteiger partial charge in [0.15, 0.2) is 0 Å². The third kappa shape index (κ3) is 6.48. The number of hydrogen-bond acceptors (Lipinski definition) is 0. The highest BCUT2D eigenvalue weighted by atomic mass is 79.9. The molecule has 0 atom stereocenters. The van der Waals surface area contributed by atoms with Gasteiger partial charge in [0, 0.05) is 0 Å². The van der Waals surface area contributed by atoms with Crippen molar-refractivity contribution in [3.63, 3.8) is 0 Å². The summed E-state index contributed by atoms with van der Waals surface area (Å²) in [5.41, 5.74) is 4.13. The molecule has 0 aromatic heterocycles. The lowest BCUT2D eigenvalue weighted by Crippen LogP contribution is -1.52. The molecular weight excluding hydrogens is 220 g/mol. The second kappa shape index (κ2) is 3.48. The molecular formula is C5H6Br2. The van der Waals surface area contributed by atoms with Crippen LogP contribution in [-0.2, 0) is 0 Å². The SMILES string of the molecule is CC(C)=C=C(Br)Br. The van der Waals surface area contributed by atoms with E-state index in [0.29, 0.717) is 0 Å². The molecule has 0 radical (unpaired) electrons. The first-order valence-electron chi connectivity index (χ1n) is 1.88. The van der Waals surface area contributed by atoms with Crippen molar-refractivity contribution < 1.29 is 0 Å². The molecule has 0 bridgehead atoms. The molecule has 0 fully saturated rings. The van der Waals surface area contributed by atoms with Crippen LogP contribution in [0.15, 0.2) is 14.7 Å². The smallest absolute Gasteiger partial charge is 0.0993 e. The van der Waals surface area contributed by atoms with Crippen LogP contribution in [-0.4, -0.2) is 0 Å². The molecule has 2 heteroatoms. The average molecular weight is 226 g/mol. The molecule has 0 spiro atoms. The summed E-state index contributed by atoms with van der Waals surface area (Å²) in [5, 5.41) is 0. The van der Waals surface area contributed by atoms with Crippen LogP contribution >= 0.6 is 31.9 Å². The molecule has 0 aromatic carbocycles. The van der Waals surface area contributed by atoms with E-state index in [9.17, 15) is 0 Å². The van der Waals surface area contributed by atoms with Crippen LogP contribution in [0.2, 0.25) is 0 Å². The van der Waals surface area contributed by atoms with Gasteiger partial charge in [-0.25, -0.2) is 0 Å². The minimum Gasteiger partial charge on any atom is -0.0993 e. The topological polar surface area (TPSA) is 0 Å². The van der Waals surface area contributed by atoms with Gasteiger partial charge in [-0.15, -0.1) is 0 Å². The van der Waals surface area contributed by atoms with Crippen LogP contribution in [0.1, 0.15) is 13.8 Å². The second-order valence-corrected chi connectivity index (χ2v) is 4.04. The Morgan fingerprint density at radius 1 is 1.29 bits per heavy atom. The van der Waals surface area contributed by atoms with Crippen molar-refractivity contribution in [3.05, 3.63) is 14.7 Å². The predicted molar refractivity (Wildman–Crippen MR) is 39.7 cm³/mol. The van der Waals surface area contributed by atoms with Gasteiger partial charge in [0.1, 0.15) is 3.39 Å². The van der Waals surface area contributed by atoms with E-state index in [2.05, 4.69) is 37.6 Å². The van der Waals surface area contributed by atoms with Gasteiger partial charge in [-0.05, 0) is 51.3 Å². The fourth-order valence-electron chi connectivity index (χ4n) is 0.189. The Morgan fingerprint density at radius 3 is 1.71 bits per heavy atom. The van der Waals surface area contributed by atoms with E-state index in [0.717, 1.165) is 8.96 Å². The summed E-state index contributed by atoms with van der Waals surface area (Å²) in [6.07, 6.45) is 0. The Bertz CT molecular complexity index is 98.0. The minimum atomic E-state index is 0.875. The van der Waals surface area contributed by atoms with E-state index in [4.69, 9.17) is 0 Å². The molecule has 0 aliphatic rings. The summed E-state index contributed by atoms with van der Waals surface area (Å²) >= 11 is 6.35. The van der Waals surface area contributed by atoms with Crippen molar-refractivity contribution in [2.24, 2.45) is 0 Å². The van der Waals surface area contributed by atoms with E-state index in [1.54, 1.807) is 0 Å². The van der Waals surface area contributed by atoms with Crippen LogP contribution < -0.4 is 0 Å². The summed E-state index contributed by atoms with van der Waals surface area (Å²) in [6, 6.07) is 0. The molecule has 0 rings (SSSR count). The van der Waals surface area contributed by atoms with Crippen molar-refractivity contribution in [1.82, 2.24) is 0 Å². The fourth-order valence-corrected chi connectivity index (χ4v) is 0.982. The number of allylic oxidation sites excluding steroid dienone is 1. The van der Waals surface area contributed by atoms with Crippen molar-refractivity contribution >= 4 is 31.9 Å². The normalized spacial score (nSPS) is 7.43. The predicted octanol–water partition coefficient (Wildman–Crippen LogP) is 3.18. The van der Waals surface area contributed by atoms with Crippen LogP contribution in [0, 0.1) is 0 Å². The first kappa shape index (κ1) is 7.48. The second-order valence-electron chi connectivity index (χ2n) is 1.39. The van der Waals surface area contributed by atoms with E-state index in [1.807, 2.05) is 13.8 Å². The van der Waals surface area contributed by atoms with Gasteiger partial charge in [-0.1, -0.05) is 5.73 Å². The molecule has 40 valence electrons. The fraction of sp³-hybridized carbons (Fsp3) is 0.400. The van der Waals surface area contributed by atoms with Gasteiger partial charge < -0.3 is 0 Å². The maximum Gasteiger partial charge on any atom is 0.102 e. The Labute approximate surface area is 60.6 Å². The molecule has 7 heavy (non-hydrogen) atoms. The standard InChI is InChI=1S/C5H6Br2/c1-4(2)3-5(6)7/h1-2H3. The number of halogens is 2. The Hall–Kier alpha value is 0.480. The van der Waals surface area contributed by atoms with Gasteiger partial charge >= 0.3 is 0 Å². The van der Waals surface area contributed by atoms with Gasteiger partial charge in [0.05, 0.1) is 0 Å². The molecule has 0 N–H and O–H groups in total. The Balaban J connectivity index is 4.13. The zero-order chi connectivity index (χ0) is 5.86. The van der Waals surface area contributed by atoms with Crippen LogP contribution in [0.3, 0.4) is 0 Å². The molecule has 0 aliphatic carbocycles. The summed E-state index contributed by atoms with van der Waals surface area (Å²) in [7, 11) is 0. The Kier molecular flexibility index (Phi) is 3.72. The van der Waals surface area contributed by atoms with Crippen molar-refractivity contribution in [2.45, 2.75) is 13.8 Å². The lowest BCUT2D eigenvalue weighted by atomic mass is 10.4. The maximum atomic E-state index is 3.18. The zero-order valence-electron chi connectivity index (χ0n) is 4.26. The lowest BCUT2D eigenvalue weighted by Gasteiger charge is -1.75. The molecule has 0 amide bonds. The lowest BCUT2D eigenvalue weighted by molar-refractivity contribution is 1.41. The highest BCUT2D eigenvalue weighted by Gasteiger charge is 1.73. The molecule has 0 aliphatic heterocycles. The highest BCUT2D eigenvalue weighted by molar-refractivity contribution is 9.28.